The van der Waals surface area contributed by atoms with Crippen LogP contribution in [0.2, 0.25) is 0 Å². The number of benzene rings is 3. The van der Waals surface area contributed by atoms with E-state index in [2.05, 4.69) is 30.7 Å². The highest BCUT2D eigenvalue weighted by Crippen LogP contribution is 2.28. The number of nitrogens with zero attached hydrogens (tertiary/aromatic N) is 6. The van der Waals surface area contributed by atoms with E-state index < -0.39 is 5.82 Å². The number of aromatic nitrogens is 7. The number of fused-ring (bicyclic) bond motifs is 2. The van der Waals surface area contributed by atoms with Crippen molar-refractivity contribution < 1.29 is 9.18 Å². The zero-order chi connectivity index (χ0) is 26.4. The number of carbonyl (C=O) groups excluding carboxylic acids is 1. The van der Waals surface area contributed by atoms with Gasteiger partial charge in [0.1, 0.15) is 5.52 Å². The third-order valence-corrected chi connectivity index (χ3v) is 6.29. The van der Waals surface area contributed by atoms with Crippen LogP contribution in [0.25, 0.3) is 39.0 Å². The Hall–Kier alpha value is -5.57. The molecule has 3 heterocycles. The lowest BCUT2D eigenvalue weighted by molar-refractivity contribution is 0.0962. The molecule has 0 radical (unpaired) electrons. The van der Waals surface area contributed by atoms with E-state index in [0.717, 1.165) is 0 Å². The molecule has 0 aliphatic rings. The topological polar surface area (TPSA) is 150 Å². The summed E-state index contributed by atoms with van der Waals surface area (Å²) in [4.78, 5) is 29.5. The second kappa shape index (κ2) is 8.82. The molecule has 6 aromatic rings. The Morgan fingerprint density at radius 3 is 2.76 bits per heavy atom. The Morgan fingerprint density at radius 2 is 1.95 bits per heavy atom. The number of imidazole rings is 1. The molecule has 3 aromatic carbocycles. The van der Waals surface area contributed by atoms with Crippen molar-refractivity contribution in [1.29, 1.82) is 5.26 Å². The van der Waals surface area contributed by atoms with Crippen LogP contribution in [0.4, 0.5) is 4.39 Å². The van der Waals surface area contributed by atoms with Crippen molar-refractivity contribution in [3.05, 3.63) is 93.8 Å². The van der Waals surface area contributed by atoms with Gasteiger partial charge < -0.3 is 15.3 Å². The summed E-state index contributed by atoms with van der Waals surface area (Å²) in [5.41, 5.74) is 4.51. The molecule has 0 aliphatic carbocycles. The van der Waals surface area contributed by atoms with E-state index in [0.29, 0.717) is 50.2 Å². The fraction of sp³-hybridized carbons (Fsp3) is 0.0769. The van der Waals surface area contributed by atoms with Gasteiger partial charge in [0.05, 0.1) is 46.1 Å². The van der Waals surface area contributed by atoms with Crippen molar-refractivity contribution in [3.8, 4) is 23.0 Å². The Labute approximate surface area is 213 Å². The zero-order valence-corrected chi connectivity index (χ0v) is 19.9. The number of aromatic amines is 2. The number of halogens is 1. The molecule has 3 N–H and O–H groups in total. The van der Waals surface area contributed by atoms with Crippen molar-refractivity contribution in [1.82, 2.24) is 40.1 Å². The third kappa shape index (κ3) is 3.79. The van der Waals surface area contributed by atoms with Gasteiger partial charge in [0, 0.05) is 24.4 Å². The van der Waals surface area contributed by atoms with Gasteiger partial charge in [-0.25, -0.2) is 13.9 Å². The van der Waals surface area contributed by atoms with Gasteiger partial charge in [-0.1, -0.05) is 11.3 Å². The Morgan fingerprint density at radius 1 is 1.11 bits per heavy atom. The summed E-state index contributed by atoms with van der Waals surface area (Å²) < 4.78 is 18.3. The second-order valence-corrected chi connectivity index (χ2v) is 8.57. The first-order valence-electron chi connectivity index (χ1n) is 11.5. The van der Waals surface area contributed by atoms with Crippen LogP contribution in [-0.2, 0) is 6.54 Å². The summed E-state index contributed by atoms with van der Waals surface area (Å²) in [6.07, 6.45) is 1.59. The first-order valence-corrected chi connectivity index (χ1v) is 11.5. The molecule has 0 spiro atoms. The lowest BCUT2D eigenvalue weighted by atomic mass is 10.0. The van der Waals surface area contributed by atoms with Crippen molar-refractivity contribution in [3.63, 3.8) is 0 Å². The average Bonchev–Trinajstić information content (AvgIpc) is 3.65. The molecule has 12 heteroatoms. The minimum Gasteiger partial charge on any atom is -0.355 e. The summed E-state index contributed by atoms with van der Waals surface area (Å²) in [6.45, 7) is 0.214. The summed E-state index contributed by atoms with van der Waals surface area (Å²) in [6, 6.07) is 17.0. The van der Waals surface area contributed by atoms with Crippen LogP contribution in [0.5, 0.6) is 0 Å². The first kappa shape index (κ1) is 22.9. The molecule has 1 amide bonds. The van der Waals surface area contributed by atoms with E-state index in [1.807, 2.05) is 6.07 Å². The number of nitriles is 1. The number of nitrogens with one attached hydrogen (secondary N) is 3. The Kier molecular flexibility index (Phi) is 5.31. The molecule has 0 unspecified atom stereocenters. The molecular weight excluding hydrogens is 489 g/mol. The summed E-state index contributed by atoms with van der Waals surface area (Å²) >= 11 is 0. The van der Waals surface area contributed by atoms with E-state index >= 15 is 4.39 Å². The fourth-order valence-corrected chi connectivity index (χ4v) is 4.47. The normalized spacial score (nSPS) is 11.2. The standard InChI is InChI=1S/C26H18FN9O2/c1-29-25(37)18-8-14(12-28)2-3-15(18)13-35-22(6-7-30-35)16-9-19(27)24-23(10-16)36(34-33-24)17-4-5-20-21(11-17)32-26(38)31-20/h2-11H,13H2,1H3,(H,29,37)(H2,31,32,38). The van der Waals surface area contributed by atoms with Crippen LogP contribution < -0.4 is 11.0 Å². The van der Waals surface area contributed by atoms with Gasteiger partial charge in [0.25, 0.3) is 5.91 Å². The van der Waals surface area contributed by atoms with Crippen LogP contribution >= 0.6 is 0 Å². The monoisotopic (exact) mass is 507 g/mol. The van der Waals surface area contributed by atoms with Gasteiger partial charge in [-0.15, -0.1) is 5.10 Å². The van der Waals surface area contributed by atoms with Gasteiger partial charge in [-0.05, 0) is 54.1 Å². The fourth-order valence-electron chi connectivity index (χ4n) is 4.47. The van der Waals surface area contributed by atoms with Crippen LogP contribution in [0.3, 0.4) is 0 Å². The van der Waals surface area contributed by atoms with Gasteiger partial charge in [0.2, 0.25) is 0 Å². The number of rotatable bonds is 5. The lowest BCUT2D eigenvalue weighted by Crippen LogP contribution is -2.21. The third-order valence-electron chi connectivity index (χ3n) is 6.29. The quantitative estimate of drug-likeness (QED) is 0.327. The maximum atomic E-state index is 15.2. The van der Waals surface area contributed by atoms with Crippen molar-refractivity contribution >= 4 is 28.0 Å². The number of H-pyrrole nitrogens is 2. The zero-order valence-electron chi connectivity index (χ0n) is 19.9. The van der Waals surface area contributed by atoms with Gasteiger partial charge in [-0.3, -0.25) is 9.48 Å². The van der Waals surface area contributed by atoms with E-state index in [1.165, 1.54) is 23.9 Å². The molecule has 3 aromatic heterocycles. The molecule has 11 nitrogen and oxygen atoms in total. The van der Waals surface area contributed by atoms with Crippen LogP contribution in [0.15, 0.2) is 65.6 Å². The second-order valence-electron chi connectivity index (χ2n) is 8.57. The largest absolute Gasteiger partial charge is 0.355 e. The molecule has 0 fully saturated rings. The highest BCUT2D eigenvalue weighted by Gasteiger charge is 2.18. The Balaban J connectivity index is 1.43. The van der Waals surface area contributed by atoms with Crippen LogP contribution in [-0.4, -0.2) is 47.7 Å². The lowest BCUT2D eigenvalue weighted by Gasteiger charge is -2.12. The molecule has 38 heavy (non-hydrogen) atoms. The predicted octanol–water partition coefficient (Wildman–Crippen LogP) is 2.87. The van der Waals surface area contributed by atoms with Crippen molar-refractivity contribution in [2.24, 2.45) is 0 Å². The summed E-state index contributed by atoms with van der Waals surface area (Å²) in [5.74, 6) is -0.883. The maximum absolute atomic E-state index is 15.2. The summed E-state index contributed by atoms with van der Waals surface area (Å²) in [5, 5.41) is 24.4. The minimum atomic E-state index is -0.558. The minimum absolute atomic E-state index is 0.0940. The van der Waals surface area contributed by atoms with Gasteiger partial charge in [-0.2, -0.15) is 10.4 Å². The SMILES string of the molecule is CNC(=O)c1cc(C#N)ccc1Cn1nccc1-c1cc(F)c2nnn(-c3ccc4[nH]c(=O)[nH]c4c3)c2c1. The average molecular weight is 507 g/mol. The number of carbonyl (C=O) groups is 1. The molecule has 0 atom stereocenters. The maximum Gasteiger partial charge on any atom is 0.323 e. The molecule has 6 rings (SSSR count). The Bertz CT molecular complexity index is 1970. The van der Waals surface area contributed by atoms with E-state index in [9.17, 15) is 14.9 Å². The van der Waals surface area contributed by atoms with Gasteiger partial charge in [0.15, 0.2) is 5.82 Å². The molecule has 0 saturated heterocycles. The van der Waals surface area contributed by atoms with E-state index in [4.69, 9.17) is 0 Å². The first-order chi connectivity index (χ1) is 18.4. The molecule has 186 valence electrons. The highest BCUT2D eigenvalue weighted by atomic mass is 19.1. The van der Waals surface area contributed by atoms with E-state index in [-0.39, 0.29) is 23.7 Å². The van der Waals surface area contributed by atoms with Crippen LogP contribution in [0, 0.1) is 17.1 Å². The number of hydrogen-bond acceptors (Lipinski definition) is 6. The molecule has 0 bridgehead atoms. The number of hydrogen-bond donors (Lipinski definition) is 3. The number of amides is 1. The smallest absolute Gasteiger partial charge is 0.323 e. The summed E-state index contributed by atoms with van der Waals surface area (Å²) in [7, 11) is 1.52. The van der Waals surface area contributed by atoms with Crippen LogP contribution in [0.1, 0.15) is 21.5 Å². The molecule has 0 aliphatic heterocycles. The predicted molar refractivity (Wildman–Crippen MR) is 136 cm³/mol. The van der Waals surface area contributed by atoms with Gasteiger partial charge >= 0.3 is 5.69 Å². The molecular formula is C26H18FN9O2. The molecule has 0 saturated carbocycles. The van der Waals surface area contributed by atoms with E-state index in [1.54, 1.807) is 53.3 Å². The van der Waals surface area contributed by atoms with Crippen molar-refractivity contribution in [2.45, 2.75) is 6.54 Å². The van der Waals surface area contributed by atoms with Crippen molar-refractivity contribution in [2.75, 3.05) is 7.05 Å². The highest BCUT2D eigenvalue weighted by molar-refractivity contribution is 5.96.